The fraction of sp³-hybridized carbons (Fsp3) is 0. The number of hydrogen-bond donors (Lipinski definition) is 2. The van der Waals surface area contributed by atoms with Gasteiger partial charge in [0.2, 0.25) is 0 Å². The average Bonchev–Trinajstić information content (AvgIpc) is 2.57. The Morgan fingerprint density at radius 3 is 1.68 bits per heavy atom. The largest absolute Gasteiger partial charge is 0.508 e. The van der Waals surface area contributed by atoms with Crippen LogP contribution in [0.15, 0.2) is 89.1 Å². The van der Waals surface area contributed by atoms with Crippen molar-refractivity contribution in [1.82, 2.24) is 0 Å². The van der Waals surface area contributed by atoms with E-state index in [0.717, 1.165) is 17.1 Å². The number of phenolic OH excluding ortho intramolecular Hbond substituents is 1. The molecule has 0 bridgehead atoms. The second-order valence-electron chi connectivity index (χ2n) is 4.75. The number of rotatable bonds is 4. The van der Waals surface area contributed by atoms with Crippen LogP contribution in [0.5, 0.6) is 5.75 Å². The zero-order valence-corrected chi connectivity index (χ0v) is 11.8. The molecule has 4 heteroatoms. The molecule has 0 fully saturated rings. The highest BCUT2D eigenvalue weighted by molar-refractivity contribution is 5.61. The minimum absolute atomic E-state index is 0.218. The van der Waals surface area contributed by atoms with Crippen molar-refractivity contribution in [2.45, 2.75) is 0 Å². The summed E-state index contributed by atoms with van der Waals surface area (Å²) in [5, 5.41) is 20.8. The normalized spacial score (nSPS) is 10.7. The summed E-state index contributed by atoms with van der Waals surface area (Å²) in [6.45, 7) is 0. The van der Waals surface area contributed by atoms with Gasteiger partial charge in [0, 0.05) is 11.4 Å². The van der Waals surface area contributed by atoms with Gasteiger partial charge in [-0.1, -0.05) is 18.2 Å². The predicted octanol–water partition coefficient (Wildman–Crippen LogP) is 5.55. The minimum atomic E-state index is 0.218. The molecule has 0 saturated carbocycles. The van der Waals surface area contributed by atoms with E-state index in [1.807, 2.05) is 54.6 Å². The van der Waals surface area contributed by atoms with Crippen molar-refractivity contribution in [3.05, 3.63) is 78.9 Å². The number of nitrogens with zero attached hydrogens (tertiary/aromatic N) is 2. The van der Waals surface area contributed by atoms with Gasteiger partial charge in [-0.3, -0.25) is 0 Å². The van der Waals surface area contributed by atoms with Gasteiger partial charge >= 0.3 is 0 Å². The molecule has 0 radical (unpaired) electrons. The molecule has 0 aliphatic heterocycles. The number of aromatic hydroxyl groups is 1. The Morgan fingerprint density at radius 2 is 1.09 bits per heavy atom. The van der Waals surface area contributed by atoms with Crippen LogP contribution >= 0.6 is 0 Å². The molecule has 108 valence electrons. The molecule has 0 aromatic heterocycles. The van der Waals surface area contributed by atoms with E-state index in [1.54, 1.807) is 24.3 Å². The lowest BCUT2D eigenvalue weighted by Gasteiger charge is -2.05. The van der Waals surface area contributed by atoms with Gasteiger partial charge in [0.1, 0.15) is 5.75 Å². The topological polar surface area (TPSA) is 57.0 Å². The summed E-state index contributed by atoms with van der Waals surface area (Å²) in [5.41, 5.74) is 3.51. The first-order chi connectivity index (χ1) is 10.8. The third kappa shape index (κ3) is 3.70. The second kappa shape index (κ2) is 6.54. The minimum Gasteiger partial charge on any atom is -0.508 e. The SMILES string of the molecule is Oc1ccc(N=Nc2ccc(Nc3ccccc3)cc2)cc1. The van der Waals surface area contributed by atoms with Crippen molar-refractivity contribution in [1.29, 1.82) is 0 Å². The highest BCUT2D eigenvalue weighted by Crippen LogP contribution is 2.23. The van der Waals surface area contributed by atoms with Gasteiger partial charge in [0.05, 0.1) is 11.4 Å². The smallest absolute Gasteiger partial charge is 0.115 e. The average molecular weight is 289 g/mol. The van der Waals surface area contributed by atoms with Crippen LogP contribution in [-0.4, -0.2) is 5.11 Å². The van der Waals surface area contributed by atoms with Crippen LogP contribution in [0.25, 0.3) is 0 Å². The molecule has 0 saturated heterocycles. The molecule has 0 aliphatic rings. The van der Waals surface area contributed by atoms with E-state index in [4.69, 9.17) is 0 Å². The van der Waals surface area contributed by atoms with Gasteiger partial charge in [-0.05, 0) is 60.7 Å². The number of azo groups is 1. The summed E-state index contributed by atoms with van der Waals surface area (Å²) in [6, 6.07) is 24.3. The van der Waals surface area contributed by atoms with Crippen molar-refractivity contribution in [2.75, 3.05) is 5.32 Å². The van der Waals surface area contributed by atoms with Crippen LogP contribution in [0.1, 0.15) is 0 Å². The molecule has 3 aromatic carbocycles. The van der Waals surface area contributed by atoms with Gasteiger partial charge < -0.3 is 10.4 Å². The highest BCUT2D eigenvalue weighted by Gasteiger charge is 1.95. The summed E-state index contributed by atoms with van der Waals surface area (Å²) in [7, 11) is 0. The molecule has 0 amide bonds. The van der Waals surface area contributed by atoms with E-state index < -0.39 is 0 Å². The first-order valence-corrected chi connectivity index (χ1v) is 6.92. The maximum Gasteiger partial charge on any atom is 0.115 e. The lowest BCUT2D eigenvalue weighted by molar-refractivity contribution is 0.475. The Labute approximate surface area is 128 Å². The molecule has 2 N–H and O–H groups in total. The van der Waals surface area contributed by atoms with E-state index in [2.05, 4.69) is 15.5 Å². The van der Waals surface area contributed by atoms with Crippen molar-refractivity contribution in [2.24, 2.45) is 10.2 Å². The van der Waals surface area contributed by atoms with Gasteiger partial charge in [-0.25, -0.2) is 0 Å². The maximum atomic E-state index is 9.21. The monoisotopic (exact) mass is 289 g/mol. The molecule has 0 spiro atoms. The summed E-state index contributed by atoms with van der Waals surface area (Å²) in [4.78, 5) is 0. The number of para-hydroxylation sites is 1. The summed E-state index contributed by atoms with van der Waals surface area (Å²) >= 11 is 0. The molecule has 3 rings (SSSR count). The quantitative estimate of drug-likeness (QED) is 0.618. The first kappa shape index (κ1) is 13.8. The van der Waals surface area contributed by atoms with Gasteiger partial charge in [0.25, 0.3) is 0 Å². The Balaban J connectivity index is 1.67. The highest BCUT2D eigenvalue weighted by atomic mass is 16.3. The van der Waals surface area contributed by atoms with Gasteiger partial charge in [0.15, 0.2) is 0 Å². The third-order valence-corrected chi connectivity index (χ3v) is 3.06. The van der Waals surface area contributed by atoms with E-state index in [-0.39, 0.29) is 5.75 Å². The van der Waals surface area contributed by atoms with Crippen LogP contribution in [-0.2, 0) is 0 Å². The molecule has 0 aliphatic carbocycles. The standard InChI is InChI=1S/C18H15N3O/c22-18-12-10-17(11-13-18)21-20-16-8-6-15(7-9-16)19-14-4-2-1-3-5-14/h1-13,19,22H. The predicted molar refractivity (Wildman–Crippen MR) is 88.4 cm³/mol. The number of benzene rings is 3. The summed E-state index contributed by atoms with van der Waals surface area (Å²) < 4.78 is 0. The summed E-state index contributed by atoms with van der Waals surface area (Å²) in [5.74, 6) is 0.218. The molecule has 0 unspecified atom stereocenters. The third-order valence-electron chi connectivity index (χ3n) is 3.06. The van der Waals surface area contributed by atoms with Crippen LogP contribution < -0.4 is 5.32 Å². The maximum absolute atomic E-state index is 9.21. The number of anilines is 2. The number of nitrogens with one attached hydrogen (secondary N) is 1. The van der Waals surface area contributed by atoms with E-state index in [0.29, 0.717) is 5.69 Å². The Kier molecular flexibility index (Phi) is 4.11. The Bertz CT molecular complexity index is 751. The fourth-order valence-corrected chi connectivity index (χ4v) is 1.93. The van der Waals surface area contributed by atoms with Crippen LogP contribution in [0, 0.1) is 0 Å². The first-order valence-electron chi connectivity index (χ1n) is 6.92. The number of hydrogen-bond acceptors (Lipinski definition) is 4. The zero-order chi connectivity index (χ0) is 15.2. The molecular weight excluding hydrogens is 274 g/mol. The van der Waals surface area contributed by atoms with Crippen molar-refractivity contribution >= 4 is 22.7 Å². The van der Waals surface area contributed by atoms with Crippen LogP contribution in [0.3, 0.4) is 0 Å². The van der Waals surface area contributed by atoms with E-state index >= 15 is 0 Å². The lowest BCUT2D eigenvalue weighted by Crippen LogP contribution is -1.88. The summed E-state index contributed by atoms with van der Waals surface area (Å²) in [6.07, 6.45) is 0. The fourth-order valence-electron chi connectivity index (χ4n) is 1.93. The second-order valence-corrected chi connectivity index (χ2v) is 4.75. The molecule has 3 aromatic rings. The Morgan fingerprint density at radius 1 is 0.591 bits per heavy atom. The lowest BCUT2D eigenvalue weighted by atomic mass is 10.2. The Hall–Kier alpha value is -3.14. The van der Waals surface area contributed by atoms with Crippen molar-refractivity contribution in [3.8, 4) is 5.75 Å². The van der Waals surface area contributed by atoms with E-state index in [1.165, 1.54) is 0 Å². The zero-order valence-electron chi connectivity index (χ0n) is 11.8. The van der Waals surface area contributed by atoms with Crippen molar-refractivity contribution in [3.63, 3.8) is 0 Å². The van der Waals surface area contributed by atoms with Gasteiger partial charge in [-0.2, -0.15) is 10.2 Å². The molecular formula is C18H15N3O. The van der Waals surface area contributed by atoms with Crippen molar-refractivity contribution < 1.29 is 5.11 Å². The van der Waals surface area contributed by atoms with Gasteiger partial charge in [-0.15, -0.1) is 0 Å². The molecule has 0 atom stereocenters. The van der Waals surface area contributed by atoms with Crippen LogP contribution in [0.4, 0.5) is 22.7 Å². The molecule has 4 nitrogen and oxygen atoms in total. The van der Waals surface area contributed by atoms with E-state index in [9.17, 15) is 5.11 Å². The number of phenols is 1. The molecule has 0 heterocycles. The molecule has 22 heavy (non-hydrogen) atoms. The van der Waals surface area contributed by atoms with Crippen LogP contribution in [0.2, 0.25) is 0 Å².